The average Bonchev–Trinajstić information content (AvgIpc) is 3.25. The van der Waals surface area contributed by atoms with E-state index in [0.29, 0.717) is 17.1 Å². The molecule has 176 valence electrons. The lowest BCUT2D eigenvalue weighted by molar-refractivity contribution is -0.114. The van der Waals surface area contributed by atoms with Crippen LogP contribution in [0.25, 0.3) is 16.3 Å². The molecule has 0 bridgehead atoms. The van der Waals surface area contributed by atoms with Crippen molar-refractivity contribution in [1.82, 2.24) is 4.98 Å². The molecule has 4 aromatic rings. The van der Waals surface area contributed by atoms with Crippen LogP contribution in [0.4, 0.5) is 17.1 Å². The summed E-state index contributed by atoms with van der Waals surface area (Å²) < 4.78 is 1.69. The third kappa shape index (κ3) is 7.26. The van der Waals surface area contributed by atoms with Gasteiger partial charge in [-0.25, -0.2) is 4.98 Å². The van der Waals surface area contributed by atoms with E-state index in [4.69, 9.17) is 0 Å². The number of amides is 3. The van der Waals surface area contributed by atoms with E-state index in [1.54, 1.807) is 30.3 Å². The van der Waals surface area contributed by atoms with Crippen LogP contribution >= 0.6 is 23.1 Å². The SMILES string of the molecule is CC(=O)Nc1ccc(NC(=O)CSc2nc3ccc(NC(=O)/C=C/c4ccccc4)cc3s2)cc1. The molecule has 35 heavy (non-hydrogen) atoms. The highest BCUT2D eigenvalue weighted by molar-refractivity contribution is 8.01. The topological polar surface area (TPSA) is 100 Å². The molecule has 3 amide bonds. The van der Waals surface area contributed by atoms with Crippen molar-refractivity contribution in [1.29, 1.82) is 0 Å². The summed E-state index contributed by atoms with van der Waals surface area (Å²) in [4.78, 5) is 40.2. The van der Waals surface area contributed by atoms with Gasteiger partial charge in [0.05, 0.1) is 16.0 Å². The first-order chi connectivity index (χ1) is 16.9. The number of nitrogens with zero attached hydrogens (tertiary/aromatic N) is 1. The van der Waals surface area contributed by atoms with E-state index in [1.165, 1.54) is 36.1 Å². The van der Waals surface area contributed by atoms with Crippen LogP contribution < -0.4 is 16.0 Å². The molecule has 9 heteroatoms. The maximum Gasteiger partial charge on any atom is 0.248 e. The zero-order valence-corrected chi connectivity index (χ0v) is 20.4. The minimum absolute atomic E-state index is 0.150. The molecule has 4 rings (SSSR count). The number of thioether (sulfide) groups is 1. The lowest BCUT2D eigenvalue weighted by Gasteiger charge is -2.06. The number of rotatable bonds is 8. The van der Waals surface area contributed by atoms with Crippen molar-refractivity contribution < 1.29 is 14.4 Å². The molecule has 0 aliphatic heterocycles. The Morgan fingerprint density at radius 1 is 0.886 bits per heavy atom. The Labute approximate surface area is 210 Å². The number of nitrogens with one attached hydrogen (secondary N) is 3. The largest absolute Gasteiger partial charge is 0.326 e. The first-order valence-electron chi connectivity index (χ1n) is 10.7. The summed E-state index contributed by atoms with van der Waals surface area (Å²) in [5.74, 6) is -0.307. The molecule has 0 spiro atoms. The van der Waals surface area contributed by atoms with E-state index in [-0.39, 0.29) is 23.5 Å². The van der Waals surface area contributed by atoms with E-state index < -0.39 is 0 Å². The number of thiazole rings is 1. The van der Waals surface area contributed by atoms with Crippen molar-refractivity contribution >= 4 is 74.2 Å². The minimum atomic E-state index is -0.214. The third-order valence-corrected chi connectivity index (χ3v) is 6.84. The van der Waals surface area contributed by atoms with E-state index >= 15 is 0 Å². The lowest BCUT2D eigenvalue weighted by atomic mass is 10.2. The number of carbonyl (C=O) groups excluding carboxylic acids is 3. The predicted octanol–water partition coefficient (Wildman–Crippen LogP) is 5.64. The average molecular weight is 503 g/mol. The summed E-state index contributed by atoms with van der Waals surface area (Å²) in [5, 5.41) is 8.38. The lowest BCUT2D eigenvalue weighted by Crippen LogP contribution is -2.14. The summed E-state index contributed by atoms with van der Waals surface area (Å²) in [5.41, 5.74) is 3.76. The molecule has 0 fully saturated rings. The summed E-state index contributed by atoms with van der Waals surface area (Å²) in [6, 6.07) is 22.1. The molecule has 0 unspecified atom stereocenters. The Hall–Kier alpha value is -3.95. The highest BCUT2D eigenvalue weighted by Gasteiger charge is 2.10. The highest BCUT2D eigenvalue weighted by Crippen LogP contribution is 2.31. The molecule has 3 aromatic carbocycles. The van der Waals surface area contributed by atoms with Gasteiger partial charge in [-0.3, -0.25) is 14.4 Å². The van der Waals surface area contributed by atoms with E-state index in [9.17, 15) is 14.4 Å². The van der Waals surface area contributed by atoms with Crippen molar-refractivity contribution in [3.63, 3.8) is 0 Å². The summed E-state index contributed by atoms with van der Waals surface area (Å²) in [6.45, 7) is 1.44. The van der Waals surface area contributed by atoms with Gasteiger partial charge in [0, 0.05) is 30.1 Å². The zero-order valence-electron chi connectivity index (χ0n) is 18.8. The maximum atomic E-state index is 12.3. The van der Waals surface area contributed by atoms with Crippen LogP contribution in [0.3, 0.4) is 0 Å². The number of fused-ring (bicyclic) bond motifs is 1. The number of benzene rings is 3. The van der Waals surface area contributed by atoms with Crippen LogP contribution in [0.5, 0.6) is 0 Å². The van der Waals surface area contributed by atoms with E-state index in [1.807, 2.05) is 48.5 Å². The van der Waals surface area contributed by atoms with Crippen molar-refractivity contribution in [2.24, 2.45) is 0 Å². The fraction of sp³-hybridized carbons (Fsp3) is 0.0769. The molecule has 0 aliphatic rings. The second-order valence-corrected chi connectivity index (χ2v) is 9.74. The molecule has 0 aliphatic carbocycles. The Morgan fingerprint density at radius 2 is 1.57 bits per heavy atom. The van der Waals surface area contributed by atoms with Crippen molar-refractivity contribution in [2.45, 2.75) is 11.3 Å². The first-order valence-corrected chi connectivity index (χ1v) is 12.5. The second-order valence-electron chi connectivity index (χ2n) is 7.49. The van der Waals surface area contributed by atoms with E-state index in [0.717, 1.165) is 20.1 Å². The van der Waals surface area contributed by atoms with Crippen LogP contribution in [-0.4, -0.2) is 28.5 Å². The van der Waals surface area contributed by atoms with Gasteiger partial charge in [0.15, 0.2) is 4.34 Å². The predicted molar refractivity (Wildman–Crippen MR) is 144 cm³/mol. The molecule has 1 aromatic heterocycles. The van der Waals surface area contributed by atoms with Gasteiger partial charge in [-0.1, -0.05) is 42.1 Å². The minimum Gasteiger partial charge on any atom is -0.326 e. The normalized spacial score (nSPS) is 10.9. The Kier molecular flexibility index (Phi) is 7.92. The van der Waals surface area contributed by atoms with Crippen LogP contribution in [-0.2, 0) is 14.4 Å². The van der Waals surface area contributed by atoms with Crippen molar-refractivity contribution in [3.05, 3.63) is 84.4 Å². The van der Waals surface area contributed by atoms with Crippen LogP contribution in [0.15, 0.2) is 83.2 Å². The standard InChI is InChI=1S/C26H22N4O3S2/c1-17(31)27-19-8-10-20(11-9-19)28-25(33)16-34-26-30-22-13-12-21(15-23(22)35-26)29-24(32)14-7-18-5-3-2-4-6-18/h2-15H,16H2,1H3,(H,27,31)(H,28,33)(H,29,32)/b14-7+. The fourth-order valence-electron chi connectivity index (χ4n) is 3.13. The Morgan fingerprint density at radius 3 is 2.29 bits per heavy atom. The smallest absolute Gasteiger partial charge is 0.248 e. The first kappa shape index (κ1) is 24.2. The summed E-state index contributed by atoms with van der Waals surface area (Å²) >= 11 is 2.82. The molecule has 0 saturated carbocycles. The number of carbonyl (C=O) groups is 3. The van der Waals surface area contributed by atoms with Crippen LogP contribution in [0.2, 0.25) is 0 Å². The molecule has 7 nitrogen and oxygen atoms in total. The highest BCUT2D eigenvalue weighted by atomic mass is 32.2. The molecule has 0 saturated heterocycles. The number of hydrogen-bond acceptors (Lipinski definition) is 6. The molecular weight excluding hydrogens is 480 g/mol. The summed E-state index contributed by atoms with van der Waals surface area (Å²) in [7, 11) is 0. The fourth-order valence-corrected chi connectivity index (χ4v) is 5.04. The molecule has 1 heterocycles. The van der Waals surface area contributed by atoms with E-state index in [2.05, 4.69) is 20.9 Å². The van der Waals surface area contributed by atoms with Crippen molar-refractivity contribution in [2.75, 3.05) is 21.7 Å². The van der Waals surface area contributed by atoms with Gasteiger partial charge in [0.25, 0.3) is 0 Å². The quantitative estimate of drug-likeness (QED) is 0.214. The maximum absolute atomic E-state index is 12.3. The molecule has 0 atom stereocenters. The van der Waals surface area contributed by atoms with Gasteiger partial charge >= 0.3 is 0 Å². The number of aromatic nitrogens is 1. The van der Waals surface area contributed by atoms with Gasteiger partial charge < -0.3 is 16.0 Å². The number of hydrogen-bond donors (Lipinski definition) is 3. The second kappa shape index (κ2) is 11.5. The summed E-state index contributed by atoms with van der Waals surface area (Å²) in [6.07, 6.45) is 3.26. The van der Waals surface area contributed by atoms with Gasteiger partial charge in [-0.2, -0.15) is 0 Å². The van der Waals surface area contributed by atoms with Crippen LogP contribution in [0.1, 0.15) is 12.5 Å². The molecular formula is C26H22N4O3S2. The van der Waals surface area contributed by atoms with Gasteiger partial charge in [-0.05, 0) is 54.1 Å². The van der Waals surface area contributed by atoms with Gasteiger partial charge in [-0.15, -0.1) is 11.3 Å². The Bertz CT molecular complexity index is 1380. The van der Waals surface area contributed by atoms with Crippen molar-refractivity contribution in [3.8, 4) is 0 Å². The molecule has 3 N–H and O–H groups in total. The number of anilines is 3. The van der Waals surface area contributed by atoms with Crippen LogP contribution in [0, 0.1) is 0 Å². The van der Waals surface area contributed by atoms with Gasteiger partial charge in [0.2, 0.25) is 17.7 Å². The Balaban J connectivity index is 1.30. The van der Waals surface area contributed by atoms with Gasteiger partial charge in [0.1, 0.15) is 0 Å². The monoisotopic (exact) mass is 502 g/mol. The third-order valence-electron chi connectivity index (χ3n) is 4.68. The molecule has 0 radical (unpaired) electrons. The zero-order chi connectivity index (χ0) is 24.6.